The summed E-state index contributed by atoms with van der Waals surface area (Å²) in [6, 6.07) is 6.87. The van der Waals surface area contributed by atoms with E-state index in [-0.39, 0.29) is 0 Å². The zero-order chi connectivity index (χ0) is 7.40. The number of carbonyl (C=O) groups is 1. The lowest BCUT2D eigenvalue weighted by molar-refractivity contribution is 0.112. The van der Waals surface area contributed by atoms with Gasteiger partial charge in [-0.15, -0.1) is 0 Å². The van der Waals surface area contributed by atoms with E-state index in [9.17, 15) is 4.79 Å². The van der Waals surface area contributed by atoms with Crippen molar-refractivity contribution in [2.45, 2.75) is 0 Å². The summed E-state index contributed by atoms with van der Waals surface area (Å²) in [7, 11) is 0. The van der Waals surface area contributed by atoms with E-state index in [2.05, 4.69) is 5.43 Å². The van der Waals surface area contributed by atoms with Gasteiger partial charge in [0.15, 0.2) is 0 Å². The summed E-state index contributed by atoms with van der Waals surface area (Å²) >= 11 is 0. The fourth-order valence-electron chi connectivity index (χ4n) is 0.658. The van der Waals surface area contributed by atoms with Crippen LogP contribution in [0.25, 0.3) is 0 Å². The smallest absolute Gasteiger partial charge is 0.150 e. The average Bonchev–Trinajstić information content (AvgIpc) is 2.05. The van der Waals surface area contributed by atoms with E-state index in [0.717, 1.165) is 12.0 Å². The molecule has 0 bridgehead atoms. The van der Waals surface area contributed by atoms with Crippen molar-refractivity contribution >= 4 is 12.0 Å². The Labute approximate surface area is 58.8 Å². The first-order chi connectivity index (χ1) is 4.86. The van der Waals surface area contributed by atoms with Gasteiger partial charge in [0.25, 0.3) is 0 Å². The Morgan fingerprint density at radius 1 is 1.30 bits per heavy atom. The van der Waals surface area contributed by atoms with Crippen molar-refractivity contribution in [2.75, 3.05) is 5.43 Å². The SMILES string of the molecule is NNc1ccc(C=O)cc1. The first-order valence-corrected chi connectivity index (χ1v) is 2.88. The molecule has 0 fully saturated rings. The zero-order valence-corrected chi connectivity index (χ0v) is 5.37. The van der Waals surface area contributed by atoms with Crippen LogP contribution in [0.1, 0.15) is 10.4 Å². The van der Waals surface area contributed by atoms with Crippen LogP contribution in [0, 0.1) is 0 Å². The molecular formula is C7H8N2O. The van der Waals surface area contributed by atoms with Crippen LogP contribution in [0.4, 0.5) is 5.69 Å². The molecule has 1 aromatic rings. The fourth-order valence-corrected chi connectivity index (χ4v) is 0.658. The van der Waals surface area contributed by atoms with Crippen LogP contribution in [0.2, 0.25) is 0 Å². The van der Waals surface area contributed by atoms with Crippen molar-refractivity contribution in [1.82, 2.24) is 0 Å². The molecule has 3 nitrogen and oxygen atoms in total. The summed E-state index contributed by atoms with van der Waals surface area (Å²) in [6.45, 7) is 0. The van der Waals surface area contributed by atoms with E-state index in [4.69, 9.17) is 5.84 Å². The minimum absolute atomic E-state index is 0.652. The predicted octanol–water partition coefficient (Wildman–Crippen LogP) is 0.785. The van der Waals surface area contributed by atoms with Crippen LogP contribution in [0.5, 0.6) is 0 Å². The van der Waals surface area contributed by atoms with Gasteiger partial charge in [-0.1, -0.05) is 0 Å². The molecule has 10 heavy (non-hydrogen) atoms. The zero-order valence-electron chi connectivity index (χ0n) is 5.37. The fraction of sp³-hybridized carbons (Fsp3) is 0. The molecule has 0 saturated heterocycles. The Hall–Kier alpha value is -1.35. The first kappa shape index (κ1) is 6.77. The number of aldehydes is 1. The topological polar surface area (TPSA) is 55.1 Å². The maximum absolute atomic E-state index is 10.2. The lowest BCUT2D eigenvalue weighted by Crippen LogP contribution is -2.06. The molecule has 1 aromatic carbocycles. The van der Waals surface area contributed by atoms with E-state index >= 15 is 0 Å². The van der Waals surface area contributed by atoms with Gasteiger partial charge in [0.2, 0.25) is 0 Å². The van der Waals surface area contributed by atoms with Crippen molar-refractivity contribution in [2.24, 2.45) is 5.84 Å². The summed E-state index contributed by atoms with van der Waals surface area (Å²) in [6.07, 6.45) is 0.792. The maximum atomic E-state index is 10.2. The molecule has 0 radical (unpaired) electrons. The largest absolute Gasteiger partial charge is 0.324 e. The van der Waals surface area contributed by atoms with Gasteiger partial charge in [0, 0.05) is 11.3 Å². The Bertz CT molecular complexity index is 218. The van der Waals surface area contributed by atoms with E-state index in [0.29, 0.717) is 5.56 Å². The van der Waals surface area contributed by atoms with Gasteiger partial charge in [-0.2, -0.15) is 0 Å². The molecule has 0 aliphatic rings. The Kier molecular flexibility index (Phi) is 2.02. The third kappa shape index (κ3) is 1.33. The second kappa shape index (κ2) is 2.98. The standard InChI is InChI=1S/C7H8N2O/c8-9-7-3-1-6(5-10)2-4-7/h1-5,9H,8H2. The van der Waals surface area contributed by atoms with Gasteiger partial charge >= 0.3 is 0 Å². The Morgan fingerprint density at radius 2 is 1.90 bits per heavy atom. The van der Waals surface area contributed by atoms with E-state index in [1.807, 2.05) is 0 Å². The molecule has 0 atom stereocenters. The van der Waals surface area contributed by atoms with Gasteiger partial charge in [0.1, 0.15) is 6.29 Å². The van der Waals surface area contributed by atoms with Gasteiger partial charge < -0.3 is 5.43 Å². The average molecular weight is 136 g/mol. The third-order valence-electron chi connectivity index (χ3n) is 1.21. The molecule has 1 rings (SSSR count). The Balaban J connectivity index is 2.90. The third-order valence-corrected chi connectivity index (χ3v) is 1.21. The number of hydrogen-bond donors (Lipinski definition) is 2. The molecule has 0 unspecified atom stereocenters. The predicted molar refractivity (Wildman–Crippen MR) is 39.6 cm³/mol. The minimum atomic E-state index is 0.652. The van der Waals surface area contributed by atoms with Crippen molar-refractivity contribution in [3.8, 4) is 0 Å². The second-order valence-electron chi connectivity index (χ2n) is 1.88. The first-order valence-electron chi connectivity index (χ1n) is 2.88. The molecule has 0 aliphatic carbocycles. The number of nitrogens with one attached hydrogen (secondary N) is 1. The van der Waals surface area contributed by atoms with Gasteiger partial charge in [-0.25, -0.2) is 0 Å². The normalized spacial score (nSPS) is 8.90. The molecule has 3 N–H and O–H groups in total. The van der Waals surface area contributed by atoms with Crippen LogP contribution in [0.3, 0.4) is 0 Å². The molecule has 0 spiro atoms. The van der Waals surface area contributed by atoms with Crippen LogP contribution in [0.15, 0.2) is 24.3 Å². The molecule has 0 aliphatic heterocycles. The number of nitrogens with two attached hydrogens (primary N) is 1. The summed E-state index contributed by atoms with van der Waals surface area (Å²) in [5, 5.41) is 0. The van der Waals surface area contributed by atoms with Crippen LogP contribution >= 0.6 is 0 Å². The van der Waals surface area contributed by atoms with Gasteiger partial charge in [-0.05, 0) is 24.3 Å². The van der Waals surface area contributed by atoms with Crippen molar-refractivity contribution in [3.63, 3.8) is 0 Å². The molecule has 52 valence electrons. The van der Waals surface area contributed by atoms with Crippen molar-refractivity contribution in [3.05, 3.63) is 29.8 Å². The quantitative estimate of drug-likeness (QED) is 0.359. The monoisotopic (exact) mass is 136 g/mol. The van der Waals surface area contributed by atoms with Gasteiger partial charge in [0.05, 0.1) is 0 Å². The second-order valence-corrected chi connectivity index (χ2v) is 1.88. The number of hydrazine groups is 1. The summed E-state index contributed by atoms with van der Waals surface area (Å²) in [4.78, 5) is 10.2. The minimum Gasteiger partial charge on any atom is -0.324 e. The van der Waals surface area contributed by atoms with Crippen LogP contribution in [-0.2, 0) is 0 Å². The maximum Gasteiger partial charge on any atom is 0.150 e. The van der Waals surface area contributed by atoms with Crippen molar-refractivity contribution < 1.29 is 4.79 Å². The van der Waals surface area contributed by atoms with E-state index < -0.39 is 0 Å². The number of nitrogen functional groups attached to an aromatic ring is 1. The molecular weight excluding hydrogens is 128 g/mol. The van der Waals surface area contributed by atoms with Crippen LogP contribution < -0.4 is 11.3 Å². The lowest BCUT2D eigenvalue weighted by Gasteiger charge is -1.96. The molecule has 3 heteroatoms. The van der Waals surface area contributed by atoms with Crippen molar-refractivity contribution in [1.29, 1.82) is 0 Å². The summed E-state index contributed by atoms with van der Waals surface area (Å²) in [5.74, 6) is 5.10. The molecule has 0 amide bonds. The Morgan fingerprint density at radius 3 is 2.30 bits per heavy atom. The lowest BCUT2D eigenvalue weighted by atomic mass is 10.2. The number of anilines is 1. The number of hydrogen-bond acceptors (Lipinski definition) is 3. The van der Waals surface area contributed by atoms with E-state index in [1.165, 1.54) is 0 Å². The number of benzene rings is 1. The van der Waals surface area contributed by atoms with Gasteiger partial charge in [-0.3, -0.25) is 10.6 Å². The number of carbonyl (C=O) groups excluding carboxylic acids is 1. The summed E-state index contributed by atoms with van der Waals surface area (Å²) < 4.78 is 0. The highest BCUT2D eigenvalue weighted by molar-refractivity contribution is 5.75. The molecule has 0 heterocycles. The number of rotatable bonds is 2. The highest BCUT2D eigenvalue weighted by atomic mass is 16.1. The van der Waals surface area contributed by atoms with Crippen LogP contribution in [-0.4, -0.2) is 6.29 Å². The molecule has 0 aromatic heterocycles. The highest BCUT2D eigenvalue weighted by Gasteiger charge is 1.88. The molecule has 0 saturated carbocycles. The highest BCUT2D eigenvalue weighted by Crippen LogP contribution is 2.05. The van der Waals surface area contributed by atoms with E-state index in [1.54, 1.807) is 24.3 Å². The summed E-state index contributed by atoms with van der Waals surface area (Å²) in [5.41, 5.74) is 3.91.